The fraction of sp³-hybridized carbons (Fsp3) is 0.125. The van der Waals surface area contributed by atoms with Gasteiger partial charge < -0.3 is 9.47 Å². The highest BCUT2D eigenvalue weighted by molar-refractivity contribution is 6.01. The van der Waals surface area contributed by atoms with Gasteiger partial charge in [0.1, 0.15) is 0 Å². The molecule has 23 heavy (non-hydrogen) atoms. The summed E-state index contributed by atoms with van der Waals surface area (Å²) in [7, 11) is 1.26. The lowest BCUT2D eigenvalue weighted by Gasteiger charge is -2.11. The molecule has 0 saturated carbocycles. The normalized spacial score (nSPS) is 11.0. The van der Waals surface area contributed by atoms with Crippen molar-refractivity contribution in [3.8, 4) is 11.5 Å². The molecule has 0 heterocycles. The molecule has 0 saturated heterocycles. The number of ketones is 1. The fourth-order valence-corrected chi connectivity index (χ4v) is 1.79. The molecular weight excluding hydrogens is 313 g/mol. The summed E-state index contributed by atoms with van der Waals surface area (Å²) in [4.78, 5) is 23.2. The van der Waals surface area contributed by atoms with Crippen LogP contribution in [0.4, 0.5) is 13.2 Å². The van der Waals surface area contributed by atoms with Crippen LogP contribution < -0.4 is 9.47 Å². The van der Waals surface area contributed by atoms with Crippen molar-refractivity contribution in [3.05, 3.63) is 59.7 Å². The number of hydrogen-bond donors (Lipinski definition) is 0. The number of Topliss-reactive ketones (excluding diaryl/α,β-unsaturated/α-hetero) is 1. The lowest BCUT2D eigenvalue weighted by molar-refractivity contribution is -0.0885. The van der Waals surface area contributed by atoms with E-state index in [1.165, 1.54) is 19.2 Å². The highest BCUT2D eigenvalue weighted by Crippen LogP contribution is 2.31. The molecule has 2 aromatic carbocycles. The molecule has 0 aliphatic rings. The Morgan fingerprint density at radius 3 is 2.13 bits per heavy atom. The molecule has 0 N–H and O–H groups in total. The molecule has 0 atom stereocenters. The van der Waals surface area contributed by atoms with Crippen molar-refractivity contribution in [2.75, 3.05) is 7.11 Å². The summed E-state index contributed by atoms with van der Waals surface area (Å²) < 4.78 is 47.4. The number of rotatable bonds is 4. The van der Waals surface area contributed by atoms with Crippen LogP contribution in [0.1, 0.15) is 20.7 Å². The molecule has 2 aromatic rings. The third-order valence-electron chi connectivity index (χ3n) is 2.90. The van der Waals surface area contributed by atoms with Crippen LogP contribution in [-0.2, 0) is 0 Å². The minimum atomic E-state index is -5.02. The highest BCUT2D eigenvalue weighted by Gasteiger charge is 2.39. The SMILES string of the molecule is COc1ccc(C(=O)C(F)(F)F)cc1OC(=O)c1ccccc1. The minimum absolute atomic E-state index is 0.0352. The van der Waals surface area contributed by atoms with Crippen LogP contribution in [-0.4, -0.2) is 25.0 Å². The second-order valence-electron chi connectivity index (χ2n) is 4.45. The summed E-state index contributed by atoms with van der Waals surface area (Å²) in [5, 5.41) is 0. The number of benzene rings is 2. The Kier molecular flexibility index (Phi) is 4.68. The topological polar surface area (TPSA) is 52.6 Å². The number of halogens is 3. The lowest BCUT2D eigenvalue weighted by Crippen LogP contribution is -2.22. The van der Waals surface area contributed by atoms with E-state index in [9.17, 15) is 22.8 Å². The monoisotopic (exact) mass is 324 g/mol. The van der Waals surface area contributed by atoms with E-state index < -0.39 is 23.5 Å². The third kappa shape index (κ3) is 3.88. The zero-order valence-electron chi connectivity index (χ0n) is 11.9. The van der Waals surface area contributed by atoms with E-state index in [1.54, 1.807) is 18.2 Å². The summed E-state index contributed by atoms with van der Waals surface area (Å²) in [5.74, 6) is -3.04. The molecule has 0 spiro atoms. The number of carbonyl (C=O) groups excluding carboxylic acids is 2. The first kappa shape index (κ1) is 16.5. The molecule has 2 rings (SSSR count). The van der Waals surface area contributed by atoms with Crippen LogP contribution in [0.15, 0.2) is 48.5 Å². The number of methoxy groups -OCH3 is 1. The number of alkyl halides is 3. The summed E-state index contributed by atoms with van der Waals surface area (Å²) in [6.45, 7) is 0. The molecule has 0 amide bonds. The Hall–Kier alpha value is -2.83. The van der Waals surface area contributed by atoms with Crippen molar-refractivity contribution in [3.63, 3.8) is 0 Å². The van der Waals surface area contributed by atoms with Gasteiger partial charge in [-0.05, 0) is 30.3 Å². The maximum atomic E-state index is 12.5. The molecule has 0 aliphatic carbocycles. The highest BCUT2D eigenvalue weighted by atomic mass is 19.4. The maximum Gasteiger partial charge on any atom is 0.454 e. The van der Waals surface area contributed by atoms with Gasteiger partial charge >= 0.3 is 12.1 Å². The zero-order chi connectivity index (χ0) is 17.0. The van der Waals surface area contributed by atoms with E-state index in [4.69, 9.17) is 9.47 Å². The van der Waals surface area contributed by atoms with Crippen molar-refractivity contribution >= 4 is 11.8 Å². The molecule has 0 aromatic heterocycles. The van der Waals surface area contributed by atoms with Gasteiger partial charge in [-0.25, -0.2) is 4.79 Å². The Morgan fingerprint density at radius 2 is 1.57 bits per heavy atom. The molecule has 120 valence electrons. The average molecular weight is 324 g/mol. The van der Waals surface area contributed by atoms with Gasteiger partial charge in [-0.3, -0.25) is 4.79 Å². The number of carbonyl (C=O) groups is 2. The fourth-order valence-electron chi connectivity index (χ4n) is 1.79. The van der Waals surface area contributed by atoms with E-state index in [2.05, 4.69) is 0 Å². The molecular formula is C16H11F3O4. The second-order valence-corrected chi connectivity index (χ2v) is 4.45. The molecule has 0 unspecified atom stereocenters. The molecule has 0 radical (unpaired) electrons. The number of ether oxygens (including phenoxy) is 2. The van der Waals surface area contributed by atoms with Gasteiger partial charge in [0.2, 0.25) is 0 Å². The van der Waals surface area contributed by atoms with Crippen molar-refractivity contribution < 1.29 is 32.2 Å². The van der Waals surface area contributed by atoms with Gasteiger partial charge in [-0.2, -0.15) is 13.2 Å². The smallest absolute Gasteiger partial charge is 0.454 e. The van der Waals surface area contributed by atoms with Crippen molar-refractivity contribution in [1.82, 2.24) is 0 Å². The average Bonchev–Trinajstić information content (AvgIpc) is 2.54. The first-order valence-electron chi connectivity index (χ1n) is 6.39. The summed E-state index contributed by atoms with van der Waals surface area (Å²) in [6, 6.07) is 10.8. The Balaban J connectivity index is 2.33. The number of hydrogen-bond acceptors (Lipinski definition) is 4. The van der Waals surface area contributed by atoms with Gasteiger partial charge in [0.05, 0.1) is 12.7 Å². The van der Waals surface area contributed by atoms with Gasteiger partial charge in [-0.15, -0.1) is 0 Å². The van der Waals surface area contributed by atoms with E-state index in [0.717, 1.165) is 18.2 Å². The molecule has 4 nitrogen and oxygen atoms in total. The van der Waals surface area contributed by atoms with Crippen LogP contribution in [0.5, 0.6) is 11.5 Å². The third-order valence-corrected chi connectivity index (χ3v) is 2.90. The Bertz CT molecular complexity index is 724. The Labute approximate surface area is 129 Å². The van der Waals surface area contributed by atoms with Gasteiger partial charge in [-0.1, -0.05) is 18.2 Å². The largest absolute Gasteiger partial charge is 0.493 e. The summed E-state index contributed by atoms with van der Waals surface area (Å²) in [6.07, 6.45) is -5.02. The zero-order valence-corrected chi connectivity index (χ0v) is 11.9. The van der Waals surface area contributed by atoms with Crippen molar-refractivity contribution in [2.24, 2.45) is 0 Å². The maximum absolute atomic E-state index is 12.5. The Morgan fingerprint density at radius 1 is 0.913 bits per heavy atom. The quantitative estimate of drug-likeness (QED) is 0.489. The van der Waals surface area contributed by atoms with Crippen LogP contribution in [0, 0.1) is 0 Å². The van der Waals surface area contributed by atoms with E-state index >= 15 is 0 Å². The van der Waals surface area contributed by atoms with Crippen LogP contribution >= 0.6 is 0 Å². The van der Waals surface area contributed by atoms with Crippen molar-refractivity contribution in [1.29, 1.82) is 0 Å². The van der Waals surface area contributed by atoms with Gasteiger partial charge in [0.25, 0.3) is 5.78 Å². The molecule has 0 bridgehead atoms. The van der Waals surface area contributed by atoms with Crippen LogP contribution in [0.3, 0.4) is 0 Å². The summed E-state index contributed by atoms with van der Waals surface area (Å²) >= 11 is 0. The van der Waals surface area contributed by atoms with E-state index in [0.29, 0.717) is 0 Å². The summed E-state index contributed by atoms with van der Waals surface area (Å²) in [5.41, 5.74) is -0.434. The van der Waals surface area contributed by atoms with E-state index in [1.807, 2.05) is 0 Å². The molecule has 0 aliphatic heterocycles. The predicted molar refractivity (Wildman–Crippen MR) is 74.8 cm³/mol. The number of esters is 1. The van der Waals surface area contributed by atoms with Gasteiger partial charge in [0, 0.05) is 5.56 Å². The van der Waals surface area contributed by atoms with Gasteiger partial charge in [0.15, 0.2) is 11.5 Å². The molecule has 7 heteroatoms. The van der Waals surface area contributed by atoms with Crippen molar-refractivity contribution in [2.45, 2.75) is 6.18 Å². The van der Waals surface area contributed by atoms with E-state index in [-0.39, 0.29) is 17.1 Å². The standard InChI is InChI=1S/C16H11F3O4/c1-22-12-8-7-11(14(20)16(17,18)19)9-13(12)23-15(21)10-5-3-2-4-6-10/h2-9H,1H3. The first-order valence-corrected chi connectivity index (χ1v) is 6.39. The van der Waals surface area contributed by atoms with Crippen LogP contribution in [0.25, 0.3) is 0 Å². The van der Waals surface area contributed by atoms with Crippen LogP contribution in [0.2, 0.25) is 0 Å². The lowest BCUT2D eigenvalue weighted by atomic mass is 10.1. The molecule has 0 fully saturated rings. The first-order chi connectivity index (χ1) is 10.8. The predicted octanol–water partition coefficient (Wildman–Crippen LogP) is 3.66. The minimum Gasteiger partial charge on any atom is -0.493 e. The second kappa shape index (κ2) is 6.51.